The number of hydrogen-bond donors (Lipinski definition) is 2. The van der Waals surface area contributed by atoms with E-state index >= 15 is 0 Å². The van der Waals surface area contributed by atoms with Crippen molar-refractivity contribution in [2.75, 3.05) is 33.9 Å². The number of rotatable bonds is 10. The molecule has 0 radical (unpaired) electrons. The van der Waals surface area contributed by atoms with Crippen LogP contribution in [-0.4, -0.2) is 39.9 Å². The molecule has 0 fully saturated rings. The minimum Gasteiger partial charge on any atom is -0.493 e. The van der Waals surface area contributed by atoms with Crippen molar-refractivity contribution >= 4 is 17.3 Å². The van der Waals surface area contributed by atoms with Gasteiger partial charge in [0.1, 0.15) is 0 Å². The molecule has 0 aliphatic heterocycles. The van der Waals surface area contributed by atoms with E-state index in [0.29, 0.717) is 36.3 Å². The van der Waals surface area contributed by atoms with Crippen molar-refractivity contribution in [1.29, 1.82) is 0 Å². The Morgan fingerprint density at radius 3 is 2.39 bits per heavy atom. The molecule has 0 aliphatic rings. The highest BCUT2D eigenvalue weighted by Crippen LogP contribution is 2.38. The van der Waals surface area contributed by atoms with Gasteiger partial charge in [-0.3, -0.25) is 0 Å². The Balaban J connectivity index is 2.10. The van der Waals surface area contributed by atoms with E-state index in [-0.39, 0.29) is 0 Å². The SMILES string of the molecule is CCNC(=NCc1cc(OC)c(OCC)c(OC)c1)NCC(C)c1cccs1. The van der Waals surface area contributed by atoms with Crippen molar-refractivity contribution in [2.45, 2.75) is 33.2 Å². The third-order valence-electron chi connectivity index (χ3n) is 4.18. The predicted octanol–water partition coefficient (Wildman–Crippen LogP) is 4.02. The molecule has 0 aliphatic carbocycles. The highest BCUT2D eigenvalue weighted by atomic mass is 32.1. The normalized spacial score (nSPS) is 12.4. The molecule has 1 heterocycles. The molecule has 1 aromatic heterocycles. The van der Waals surface area contributed by atoms with Crippen LogP contribution in [0.15, 0.2) is 34.6 Å². The van der Waals surface area contributed by atoms with Crippen LogP contribution >= 0.6 is 11.3 Å². The van der Waals surface area contributed by atoms with E-state index in [4.69, 9.17) is 19.2 Å². The van der Waals surface area contributed by atoms with Gasteiger partial charge in [0.25, 0.3) is 0 Å². The van der Waals surface area contributed by atoms with Crippen molar-refractivity contribution < 1.29 is 14.2 Å². The molecule has 154 valence electrons. The molecule has 2 aromatic rings. The van der Waals surface area contributed by atoms with Crippen molar-refractivity contribution in [3.63, 3.8) is 0 Å². The number of ether oxygens (including phenoxy) is 3. The van der Waals surface area contributed by atoms with E-state index < -0.39 is 0 Å². The molecule has 0 saturated heterocycles. The maximum Gasteiger partial charge on any atom is 0.203 e. The Hall–Kier alpha value is -2.41. The number of methoxy groups -OCH3 is 2. The zero-order valence-corrected chi connectivity index (χ0v) is 18.2. The van der Waals surface area contributed by atoms with Crippen LogP contribution in [0.5, 0.6) is 17.2 Å². The molecule has 1 aromatic carbocycles. The lowest BCUT2D eigenvalue weighted by atomic mass is 10.1. The first-order chi connectivity index (χ1) is 13.6. The van der Waals surface area contributed by atoms with E-state index in [2.05, 4.69) is 42.0 Å². The maximum absolute atomic E-state index is 5.66. The van der Waals surface area contributed by atoms with Crippen molar-refractivity contribution in [2.24, 2.45) is 4.99 Å². The fourth-order valence-electron chi connectivity index (χ4n) is 2.75. The summed E-state index contributed by atoms with van der Waals surface area (Å²) in [7, 11) is 3.25. The number of hydrogen-bond acceptors (Lipinski definition) is 5. The van der Waals surface area contributed by atoms with Gasteiger partial charge in [0.05, 0.1) is 27.4 Å². The summed E-state index contributed by atoms with van der Waals surface area (Å²) in [6.45, 7) is 8.87. The summed E-state index contributed by atoms with van der Waals surface area (Å²) in [6.07, 6.45) is 0. The molecule has 0 saturated carbocycles. The number of guanidine groups is 1. The molecule has 1 atom stereocenters. The lowest BCUT2D eigenvalue weighted by molar-refractivity contribution is 0.288. The fraction of sp³-hybridized carbons (Fsp3) is 0.476. The van der Waals surface area contributed by atoms with Gasteiger partial charge in [0.2, 0.25) is 5.75 Å². The summed E-state index contributed by atoms with van der Waals surface area (Å²) in [5, 5.41) is 8.83. The minimum atomic E-state index is 0.425. The second-order valence-corrected chi connectivity index (χ2v) is 7.23. The predicted molar refractivity (Wildman–Crippen MR) is 116 cm³/mol. The molecule has 0 amide bonds. The van der Waals surface area contributed by atoms with Crippen LogP contribution in [0, 0.1) is 0 Å². The highest BCUT2D eigenvalue weighted by molar-refractivity contribution is 7.10. The number of aliphatic imine (C=N–C) groups is 1. The van der Waals surface area contributed by atoms with Gasteiger partial charge in [0.15, 0.2) is 17.5 Å². The number of benzene rings is 1. The molecule has 28 heavy (non-hydrogen) atoms. The summed E-state index contributed by atoms with van der Waals surface area (Å²) in [5.41, 5.74) is 0.987. The van der Waals surface area contributed by atoms with Crippen molar-refractivity contribution in [3.05, 3.63) is 40.1 Å². The average Bonchev–Trinajstić information content (AvgIpc) is 3.25. The first-order valence-electron chi connectivity index (χ1n) is 9.56. The standard InChI is InChI=1S/C21H31N3O3S/c1-6-22-21(23-13-15(3)19-9-8-10-28-19)24-14-16-11-17(25-4)20(27-7-2)18(12-16)26-5/h8-12,15H,6-7,13-14H2,1-5H3,(H2,22,23,24). The van der Waals surface area contributed by atoms with Gasteiger partial charge in [-0.25, -0.2) is 4.99 Å². The first-order valence-corrected chi connectivity index (χ1v) is 10.4. The summed E-state index contributed by atoms with van der Waals surface area (Å²) in [6, 6.07) is 8.13. The average molecular weight is 406 g/mol. The molecular weight excluding hydrogens is 374 g/mol. The number of thiophene rings is 1. The van der Waals surface area contributed by atoms with Crippen molar-refractivity contribution in [1.82, 2.24) is 10.6 Å². The van der Waals surface area contributed by atoms with E-state index in [1.54, 1.807) is 25.6 Å². The van der Waals surface area contributed by atoms with Crippen LogP contribution in [0.2, 0.25) is 0 Å². The third kappa shape index (κ3) is 6.05. The van der Waals surface area contributed by atoms with Crippen molar-refractivity contribution in [3.8, 4) is 17.2 Å². The van der Waals surface area contributed by atoms with Gasteiger partial charge in [0, 0.05) is 23.9 Å². The molecule has 0 spiro atoms. The van der Waals surface area contributed by atoms with Crippen LogP contribution in [0.3, 0.4) is 0 Å². The van der Waals surface area contributed by atoms with Crippen LogP contribution in [0.1, 0.15) is 37.1 Å². The molecule has 2 N–H and O–H groups in total. The van der Waals surface area contributed by atoms with Crippen LogP contribution in [0.4, 0.5) is 0 Å². The lowest BCUT2D eigenvalue weighted by Gasteiger charge is -2.16. The molecule has 2 rings (SSSR count). The third-order valence-corrected chi connectivity index (χ3v) is 5.28. The van der Waals surface area contributed by atoms with Crippen LogP contribution in [-0.2, 0) is 6.54 Å². The van der Waals surface area contributed by atoms with E-state index in [1.165, 1.54) is 4.88 Å². The molecule has 0 bridgehead atoms. The van der Waals surface area contributed by atoms with Crippen LogP contribution < -0.4 is 24.8 Å². The largest absolute Gasteiger partial charge is 0.493 e. The lowest BCUT2D eigenvalue weighted by Crippen LogP contribution is -2.39. The van der Waals surface area contributed by atoms with Gasteiger partial charge >= 0.3 is 0 Å². The first kappa shape index (κ1) is 21.9. The second-order valence-electron chi connectivity index (χ2n) is 6.26. The summed E-state index contributed by atoms with van der Waals surface area (Å²) in [4.78, 5) is 6.07. The maximum atomic E-state index is 5.66. The van der Waals surface area contributed by atoms with Gasteiger partial charge in [-0.2, -0.15) is 0 Å². The number of nitrogens with zero attached hydrogens (tertiary/aromatic N) is 1. The van der Waals surface area contributed by atoms with Gasteiger partial charge in [-0.1, -0.05) is 13.0 Å². The van der Waals surface area contributed by atoms with E-state index in [1.807, 2.05) is 19.1 Å². The molecule has 6 nitrogen and oxygen atoms in total. The van der Waals surface area contributed by atoms with E-state index in [0.717, 1.165) is 24.6 Å². The van der Waals surface area contributed by atoms with Gasteiger partial charge in [-0.15, -0.1) is 11.3 Å². The zero-order valence-electron chi connectivity index (χ0n) is 17.4. The quantitative estimate of drug-likeness (QED) is 0.462. The summed E-state index contributed by atoms with van der Waals surface area (Å²) in [5.74, 6) is 3.13. The van der Waals surface area contributed by atoms with Crippen LogP contribution in [0.25, 0.3) is 0 Å². The van der Waals surface area contributed by atoms with E-state index in [9.17, 15) is 0 Å². The molecule has 7 heteroatoms. The number of nitrogens with one attached hydrogen (secondary N) is 2. The van der Waals surface area contributed by atoms with Gasteiger partial charge < -0.3 is 24.8 Å². The second kappa shape index (κ2) is 11.4. The Morgan fingerprint density at radius 2 is 1.86 bits per heavy atom. The fourth-order valence-corrected chi connectivity index (χ4v) is 3.53. The summed E-state index contributed by atoms with van der Waals surface area (Å²) >= 11 is 1.78. The summed E-state index contributed by atoms with van der Waals surface area (Å²) < 4.78 is 16.6. The Morgan fingerprint density at radius 1 is 1.14 bits per heavy atom. The smallest absolute Gasteiger partial charge is 0.203 e. The minimum absolute atomic E-state index is 0.425. The highest BCUT2D eigenvalue weighted by Gasteiger charge is 2.14. The molecular formula is C21H31N3O3S. The Kier molecular flexibility index (Phi) is 8.94. The Bertz CT molecular complexity index is 722. The Labute approximate surface area is 171 Å². The topological polar surface area (TPSA) is 64.1 Å². The zero-order chi connectivity index (χ0) is 20.4. The monoisotopic (exact) mass is 405 g/mol. The molecule has 1 unspecified atom stereocenters. The van der Waals surface area contributed by atoms with Gasteiger partial charge in [-0.05, 0) is 43.0 Å².